The van der Waals surface area contributed by atoms with Crippen molar-refractivity contribution in [3.05, 3.63) is 88.4 Å². The monoisotopic (exact) mass is 461 g/mol. The minimum absolute atomic E-state index is 0. The lowest BCUT2D eigenvalue weighted by Gasteiger charge is -2.16. The highest BCUT2D eigenvalue weighted by molar-refractivity contribution is 6.32. The summed E-state index contributed by atoms with van der Waals surface area (Å²) in [5.74, 6) is 2.17. The molecule has 0 unspecified atom stereocenters. The molecule has 6 heteroatoms. The SMILES string of the molecule is CCOc1cc(CNCCc2ccccc2OC)cc(Cl)c1OCc1ccccc1.Cl. The van der Waals surface area contributed by atoms with Crippen LogP contribution in [0.15, 0.2) is 66.7 Å². The lowest BCUT2D eigenvalue weighted by Crippen LogP contribution is -2.17. The van der Waals surface area contributed by atoms with Gasteiger partial charge in [-0.25, -0.2) is 0 Å². The van der Waals surface area contributed by atoms with Crippen LogP contribution in [0.2, 0.25) is 5.02 Å². The molecule has 0 amide bonds. The zero-order valence-electron chi connectivity index (χ0n) is 17.9. The van der Waals surface area contributed by atoms with E-state index in [2.05, 4.69) is 11.4 Å². The Morgan fingerprint density at radius 3 is 2.35 bits per heavy atom. The first kappa shape index (κ1) is 24.9. The Morgan fingerprint density at radius 2 is 1.61 bits per heavy atom. The summed E-state index contributed by atoms with van der Waals surface area (Å²) in [6.07, 6.45) is 0.883. The molecule has 3 aromatic carbocycles. The van der Waals surface area contributed by atoms with E-state index in [1.165, 1.54) is 5.56 Å². The first-order valence-electron chi connectivity index (χ1n) is 10.2. The van der Waals surface area contributed by atoms with Gasteiger partial charge in [-0.2, -0.15) is 0 Å². The minimum Gasteiger partial charge on any atom is -0.496 e. The third kappa shape index (κ3) is 7.35. The molecule has 166 valence electrons. The molecule has 0 saturated heterocycles. The number of hydrogen-bond donors (Lipinski definition) is 1. The second-order valence-corrected chi connectivity index (χ2v) is 7.26. The molecular formula is C25H29Cl2NO3. The Morgan fingerprint density at radius 1 is 0.871 bits per heavy atom. The number of benzene rings is 3. The van der Waals surface area contributed by atoms with Crippen molar-refractivity contribution in [2.45, 2.75) is 26.5 Å². The van der Waals surface area contributed by atoms with Crippen molar-refractivity contribution in [3.8, 4) is 17.2 Å². The number of ether oxygens (including phenoxy) is 3. The molecule has 31 heavy (non-hydrogen) atoms. The predicted octanol–water partition coefficient (Wildman–Crippen LogP) is 6.08. The Balaban J connectivity index is 0.00000341. The molecule has 0 aromatic heterocycles. The molecule has 0 saturated carbocycles. The summed E-state index contributed by atoms with van der Waals surface area (Å²) >= 11 is 6.54. The second kappa shape index (κ2) is 13.1. The highest BCUT2D eigenvalue weighted by Gasteiger charge is 2.13. The van der Waals surface area contributed by atoms with E-state index >= 15 is 0 Å². The number of halogens is 2. The van der Waals surface area contributed by atoms with E-state index in [-0.39, 0.29) is 12.4 Å². The van der Waals surface area contributed by atoms with Crippen LogP contribution in [-0.2, 0) is 19.6 Å². The van der Waals surface area contributed by atoms with E-state index < -0.39 is 0 Å². The maximum absolute atomic E-state index is 6.54. The van der Waals surface area contributed by atoms with Crippen LogP contribution in [0.3, 0.4) is 0 Å². The van der Waals surface area contributed by atoms with E-state index in [0.717, 1.165) is 29.8 Å². The summed E-state index contributed by atoms with van der Waals surface area (Å²) in [4.78, 5) is 0. The van der Waals surface area contributed by atoms with Gasteiger partial charge in [0.2, 0.25) is 0 Å². The molecule has 4 nitrogen and oxygen atoms in total. The van der Waals surface area contributed by atoms with Crippen molar-refractivity contribution < 1.29 is 14.2 Å². The lowest BCUT2D eigenvalue weighted by molar-refractivity contribution is 0.269. The van der Waals surface area contributed by atoms with Crippen LogP contribution in [0, 0.1) is 0 Å². The summed E-state index contributed by atoms with van der Waals surface area (Å²) in [5.41, 5.74) is 3.32. The lowest BCUT2D eigenvalue weighted by atomic mass is 10.1. The van der Waals surface area contributed by atoms with Crippen molar-refractivity contribution >= 4 is 24.0 Å². The second-order valence-electron chi connectivity index (χ2n) is 6.85. The normalized spacial score (nSPS) is 10.3. The zero-order chi connectivity index (χ0) is 21.2. The van der Waals surface area contributed by atoms with Crippen molar-refractivity contribution in [1.29, 1.82) is 0 Å². The molecule has 1 N–H and O–H groups in total. The third-order valence-corrected chi connectivity index (χ3v) is 4.97. The molecular weight excluding hydrogens is 433 g/mol. The van der Waals surface area contributed by atoms with Gasteiger partial charge in [0.05, 0.1) is 18.7 Å². The number of para-hydroxylation sites is 1. The van der Waals surface area contributed by atoms with E-state index in [1.54, 1.807) is 7.11 Å². The van der Waals surface area contributed by atoms with Crippen LogP contribution in [0.4, 0.5) is 0 Å². The van der Waals surface area contributed by atoms with Gasteiger partial charge in [-0.15, -0.1) is 12.4 Å². The number of methoxy groups -OCH3 is 1. The van der Waals surface area contributed by atoms with E-state index in [1.807, 2.05) is 67.6 Å². The molecule has 0 aliphatic carbocycles. The van der Waals surface area contributed by atoms with Gasteiger partial charge < -0.3 is 19.5 Å². The number of nitrogens with one attached hydrogen (secondary N) is 1. The average Bonchev–Trinajstić information content (AvgIpc) is 2.77. The zero-order valence-corrected chi connectivity index (χ0v) is 19.5. The molecule has 0 bridgehead atoms. The fourth-order valence-corrected chi connectivity index (χ4v) is 3.51. The molecule has 0 fully saturated rings. The predicted molar refractivity (Wildman–Crippen MR) is 129 cm³/mol. The fraction of sp³-hybridized carbons (Fsp3) is 0.280. The molecule has 0 heterocycles. The van der Waals surface area contributed by atoms with E-state index in [9.17, 15) is 0 Å². The molecule has 0 aliphatic heterocycles. The average molecular weight is 462 g/mol. The summed E-state index contributed by atoms with van der Waals surface area (Å²) in [6, 6.07) is 22.0. The number of rotatable bonds is 11. The Labute approximate surface area is 195 Å². The van der Waals surface area contributed by atoms with Crippen molar-refractivity contribution in [2.75, 3.05) is 20.3 Å². The summed E-state index contributed by atoms with van der Waals surface area (Å²) in [7, 11) is 1.70. The van der Waals surface area contributed by atoms with E-state index in [4.69, 9.17) is 25.8 Å². The fourth-order valence-electron chi connectivity index (χ4n) is 3.22. The van der Waals surface area contributed by atoms with Gasteiger partial charge in [0.1, 0.15) is 12.4 Å². The van der Waals surface area contributed by atoms with Crippen molar-refractivity contribution in [2.24, 2.45) is 0 Å². The molecule has 0 aliphatic rings. The van der Waals surface area contributed by atoms with Gasteiger partial charge in [0.15, 0.2) is 11.5 Å². The highest BCUT2D eigenvalue weighted by atomic mass is 35.5. The van der Waals surface area contributed by atoms with Gasteiger partial charge in [-0.3, -0.25) is 0 Å². The molecule has 3 rings (SSSR count). The van der Waals surface area contributed by atoms with Crippen LogP contribution in [0.5, 0.6) is 17.2 Å². The van der Waals surface area contributed by atoms with Gasteiger partial charge in [0, 0.05) is 6.54 Å². The van der Waals surface area contributed by atoms with Gasteiger partial charge in [-0.1, -0.05) is 60.1 Å². The quantitative estimate of drug-likeness (QED) is 0.351. The molecule has 0 atom stereocenters. The topological polar surface area (TPSA) is 39.7 Å². The maximum atomic E-state index is 6.54. The molecule has 3 aromatic rings. The Bertz CT molecular complexity index is 935. The maximum Gasteiger partial charge on any atom is 0.180 e. The summed E-state index contributed by atoms with van der Waals surface area (Å²) in [6.45, 7) is 4.45. The van der Waals surface area contributed by atoms with Crippen LogP contribution in [-0.4, -0.2) is 20.3 Å². The van der Waals surface area contributed by atoms with Crippen LogP contribution < -0.4 is 19.5 Å². The third-order valence-electron chi connectivity index (χ3n) is 4.69. The summed E-state index contributed by atoms with van der Waals surface area (Å²) < 4.78 is 17.2. The number of hydrogen-bond acceptors (Lipinski definition) is 4. The standard InChI is InChI=1S/C25H28ClNO3.ClH/c1-3-29-24-16-20(17-27-14-13-21-11-7-8-12-23(21)28-2)15-22(26)25(24)30-18-19-9-5-4-6-10-19;/h4-12,15-16,27H,3,13-14,17-18H2,1-2H3;1H. The minimum atomic E-state index is 0. The van der Waals surface area contributed by atoms with Gasteiger partial charge in [0.25, 0.3) is 0 Å². The first-order valence-corrected chi connectivity index (χ1v) is 10.5. The smallest absolute Gasteiger partial charge is 0.180 e. The van der Waals surface area contributed by atoms with Crippen LogP contribution >= 0.6 is 24.0 Å². The molecule has 0 spiro atoms. The van der Waals surface area contributed by atoms with E-state index in [0.29, 0.717) is 36.3 Å². The Kier molecular flexibility index (Phi) is 10.5. The molecule has 0 radical (unpaired) electrons. The summed E-state index contributed by atoms with van der Waals surface area (Å²) in [5, 5.41) is 4.02. The van der Waals surface area contributed by atoms with Gasteiger partial charge in [-0.05, 0) is 54.8 Å². The van der Waals surface area contributed by atoms with Gasteiger partial charge >= 0.3 is 0 Å². The van der Waals surface area contributed by atoms with Crippen molar-refractivity contribution in [3.63, 3.8) is 0 Å². The van der Waals surface area contributed by atoms with Crippen LogP contribution in [0.25, 0.3) is 0 Å². The Hall–Kier alpha value is -2.40. The highest BCUT2D eigenvalue weighted by Crippen LogP contribution is 2.37. The van der Waals surface area contributed by atoms with Crippen molar-refractivity contribution in [1.82, 2.24) is 5.32 Å². The largest absolute Gasteiger partial charge is 0.496 e. The van der Waals surface area contributed by atoms with Crippen LogP contribution in [0.1, 0.15) is 23.6 Å². The first-order chi connectivity index (χ1) is 14.7.